The molecule has 0 N–H and O–H groups in total. The second-order valence-electron chi connectivity index (χ2n) is 2.75. The van der Waals surface area contributed by atoms with Gasteiger partial charge in [-0.2, -0.15) is 0 Å². The zero-order chi connectivity index (χ0) is 8.39. The van der Waals surface area contributed by atoms with Crippen LogP contribution in [0.2, 0.25) is 0 Å². The lowest BCUT2D eigenvalue weighted by molar-refractivity contribution is 0.997. The van der Waals surface area contributed by atoms with Crippen LogP contribution >= 0.6 is 24.0 Å². The fourth-order valence-electron chi connectivity index (χ4n) is 1.23. The molecule has 0 aromatic heterocycles. The minimum absolute atomic E-state index is 0.972. The number of thiocarbonyl (C=S) groups is 1. The summed E-state index contributed by atoms with van der Waals surface area (Å²) >= 11 is 6.92. The summed E-state index contributed by atoms with van der Waals surface area (Å²) in [6, 6.07) is 0. The second-order valence-corrected chi connectivity index (χ2v) is 4.30. The number of hydrogen-bond donors (Lipinski definition) is 0. The maximum absolute atomic E-state index is 5.10. The van der Waals surface area contributed by atoms with E-state index in [0.29, 0.717) is 0 Å². The van der Waals surface area contributed by atoms with Crippen molar-refractivity contribution in [3.05, 3.63) is 34.1 Å². The Morgan fingerprint density at radius 3 is 3.00 bits per heavy atom. The van der Waals surface area contributed by atoms with Gasteiger partial charge in [0.25, 0.3) is 0 Å². The first-order valence-corrected chi connectivity index (χ1v) is 5.32. The van der Waals surface area contributed by atoms with E-state index in [1.807, 2.05) is 17.8 Å². The highest BCUT2D eigenvalue weighted by molar-refractivity contribution is 8.05. The predicted octanol–water partition coefficient (Wildman–Crippen LogP) is 3.02. The molecule has 0 aromatic rings. The molecule has 1 aliphatic heterocycles. The Kier molecular flexibility index (Phi) is 2.34. The van der Waals surface area contributed by atoms with Gasteiger partial charge in [0.05, 0.1) is 0 Å². The van der Waals surface area contributed by atoms with Crippen LogP contribution in [0.5, 0.6) is 0 Å². The summed E-state index contributed by atoms with van der Waals surface area (Å²) in [5.74, 6) is 0.972. The highest BCUT2D eigenvalue weighted by atomic mass is 32.2. The van der Waals surface area contributed by atoms with Crippen LogP contribution < -0.4 is 0 Å². The second kappa shape index (κ2) is 3.47. The molecule has 0 atom stereocenters. The van der Waals surface area contributed by atoms with Crippen LogP contribution in [-0.2, 0) is 0 Å². The summed E-state index contributed by atoms with van der Waals surface area (Å²) in [5.41, 5.74) is 7.44. The summed E-state index contributed by atoms with van der Waals surface area (Å²) in [6.07, 6.45) is 6.30. The van der Waals surface area contributed by atoms with Gasteiger partial charge in [0.2, 0.25) is 0 Å². The average molecular weight is 192 g/mol. The first kappa shape index (κ1) is 8.10. The lowest BCUT2D eigenvalue weighted by Gasteiger charge is -2.03. The topological polar surface area (TPSA) is 0 Å². The van der Waals surface area contributed by atoms with Crippen molar-refractivity contribution in [1.82, 2.24) is 0 Å². The van der Waals surface area contributed by atoms with Gasteiger partial charge in [0.15, 0.2) is 0 Å². The summed E-state index contributed by atoms with van der Waals surface area (Å²) in [6.45, 7) is 0. The van der Waals surface area contributed by atoms with Crippen LogP contribution in [0.1, 0.15) is 12.8 Å². The number of thioether (sulfide) groups is 1. The SMILES string of the molecule is S=C1C=C(C2=C=C=CCC2)SC1. The van der Waals surface area contributed by atoms with Crippen LogP contribution in [-0.4, -0.2) is 10.6 Å². The summed E-state index contributed by atoms with van der Waals surface area (Å²) in [7, 11) is 0. The van der Waals surface area contributed by atoms with Crippen molar-refractivity contribution in [2.24, 2.45) is 0 Å². The van der Waals surface area contributed by atoms with Crippen molar-refractivity contribution in [1.29, 1.82) is 0 Å². The molecule has 2 rings (SSSR count). The smallest absolute Gasteiger partial charge is 0.0335 e. The van der Waals surface area contributed by atoms with Gasteiger partial charge >= 0.3 is 0 Å². The van der Waals surface area contributed by atoms with Gasteiger partial charge in [-0.25, -0.2) is 0 Å². The molecule has 0 bridgehead atoms. The summed E-state index contributed by atoms with van der Waals surface area (Å²) in [4.78, 5) is 2.36. The van der Waals surface area contributed by atoms with E-state index in [-0.39, 0.29) is 0 Å². The molecule has 60 valence electrons. The molecule has 1 aliphatic carbocycles. The number of rotatable bonds is 1. The fourth-order valence-corrected chi connectivity index (χ4v) is 2.53. The molecule has 2 heteroatoms. The van der Waals surface area contributed by atoms with E-state index in [9.17, 15) is 0 Å². The summed E-state index contributed by atoms with van der Waals surface area (Å²) < 4.78 is 0. The standard InChI is InChI=1S/C10H8S2/c11-9-6-10(12-7-9)8-4-2-1-3-5-8/h1,6H,2,4,7H2. The van der Waals surface area contributed by atoms with E-state index in [0.717, 1.165) is 23.5 Å². The van der Waals surface area contributed by atoms with Gasteiger partial charge in [-0.1, -0.05) is 23.7 Å². The van der Waals surface area contributed by atoms with Gasteiger partial charge in [-0.05, 0) is 25.0 Å². The zero-order valence-electron chi connectivity index (χ0n) is 6.59. The highest BCUT2D eigenvalue weighted by Crippen LogP contribution is 2.32. The van der Waals surface area contributed by atoms with Gasteiger partial charge in [-0.3, -0.25) is 0 Å². The minimum Gasteiger partial charge on any atom is -0.119 e. The molecule has 2 aliphatic rings. The van der Waals surface area contributed by atoms with Crippen molar-refractivity contribution in [2.45, 2.75) is 12.8 Å². The molecule has 0 spiro atoms. The van der Waals surface area contributed by atoms with Crippen molar-refractivity contribution >= 4 is 28.8 Å². The molecule has 0 amide bonds. The predicted molar refractivity (Wildman–Crippen MR) is 57.5 cm³/mol. The Balaban J connectivity index is 2.32. The molecule has 0 radical (unpaired) electrons. The maximum Gasteiger partial charge on any atom is 0.0335 e. The van der Waals surface area contributed by atoms with Crippen molar-refractivity contribution in [2.75, 3.05) is 5.75 Å². The molecular weight excluding hydrogens is 184 g/mol. The first-order valence-electron chi connectivity index (χ1n) is 3.93. The van der Waals surface area contributed by atoms with E-state index in [4.69, 9.17) is 12.2 Å². The normalized spacial score (nSPS) is 21.2. The molecule has 12 heavy (non-hydrogen) atoms. The van der Waals surface area contributed by atoms with E-state index in [1.165, 1.54) is 10.5 Å². The van der Waals surface area contributed by atoms with Crippen molar-refractivity contribution < 1.29 is 0 Å². The Bertz CT molecular complexity index is 348. The van der Waals surface area contributed by atoms with E-state index in [2.05, 4.69) is 17.5 Å². The molecule has 0 saturated carbocycles. The van der Waals surface area contributed by atoms with E-state index < -0.39 is 0 Å². The highest BCUT2D eigenvalue weighted by Gasteiger charge is 2.13. The third-order valence-corrected chi connectivity index (χ3v) is 3.40. The first-order chi connectivity index (χ1) is 5.86. The van der Waals surface area contributed by atoms with Crippen molar-refractivity contribution in [3.8, 4) is 0 Å². The summed E-state index contributed by atoms with van der Waals surface area (Å²) in [5, 5.41) is 0. The van der Waals surface area contributed by atoms with Gasteiger partial charge < -0.3 is 0 Å². The molecule has 0 unspecified atom stereocenters. The van der Waals surface area contributed by atoms with Crippen LogP contribution in [0, 0.1) is 0 Å². The third-order valence-electron chi connectivity index (χ3n) is 1.82. The van der Waals surface area contributed by atoms with Crippen LogP contribution in [0.25, 0.3) is 0 Å². The molecule has 0 aromatic carbocycles. The minimum atomic E-state index is 0.972. The maximum atomic E-state index is 5.10. The van der Waals surface area contributed by atoms with Crippen LogP contribution in [0.3, 0.4) is 0 Å². The number of hydrogen-bond acceptors (Lipinski definition) is 2. The van der Waals surface area contributed by atoms with Crippen molar-refractivity contribution in [3.63, 3.8) is 0 Å². The quantitative estimate of drug-likeness (QED) is 0.462. The van der Waals surface area contributed by atoms with Gasteiger partial charge in [-0.15, -0.1) is 11.8 Å². The Labute approximate surface area is 81.7 Å². The lowest BCUT2D eigenvalue weighted by Crippen LogP contribution is -1.84. The molecule has 0 nitrogen and oxygen atoms in total. The average Bonchev–Trinajstić information content (AvgIpc) is 2.54. The molecule has 0 fully saturated rings. The monoisotopic (exact) mass is 192 g/mol. The van der Waals surface area contributed by atoms with E-state index >= 15 is 0 Å². The molecule has 0 saturated heterocycles. The van der Waals surface area contributed by atoms with E-state index in [1.54, 1.807) is 0 Å². The molecule has 1 heterocycles. The van der Waals surface area contributed by atoms with Crippen LogP contribution in [0.15, 0.2) is 34.1 Å². The van der Waals surface area contributed by atoms with Crippen LogP contribution in [0.4, 0.5) is 0 Å². The zero-order valence-corrected chi connectivity index (χ0v) is 8.23. The van der Waals surface area contributed by atoms with Gasteiger partial charge in [0.1, 0.15) is 0 Å². The lowest BCUT2D eigenvalue weighted by atomic mass is 10.1. The Hall–Kier alpha value is -0.520. The fraction of sp³-hybridized carbons (Fsp3) is 0.300. The third kappa shape index (κ3) is 1.63. The Morgan fingerprint density at radius 2 is 2.42 bits per heavy atom. The molecular formula is C10H8S2. The number of allylic oxidation sites excluding steroid dienone is 3. The van der Waals surface area contributed by atoms with Gasteiger partial charge in [0, 0.05) is 21.1 Å². The Morgan fingerprint density at radius 1 is 1.50 bits per heavy atom. The largest absolute Gasteiger partial charge is 0.119 e.